The van der Waals surface area contributed by atoms with Crippen LogP contribution in [-0.2, 0) is 0 Å². The van der Waals surface area contributed by atoms with Crippen molar-refractivity contribution >= 4 is 29.0 Å². The van der Waals surface area contributed by atoms with E-state index in [1.54, 1.807) is 6.92 Å². The molecule has 0 bridgehead atoms. The highest BCUT2D eigenvalue weighted by molar-refractivity contribution is 6.32. The van der Waals surface area contributed by atoms with Crippen molar-refractivity contribution in [3.8, 4) is 0 Å². The Morgan fingerprint density at radius 1 is 1.54 bits per heavy atom. The quantitative estimate of drug-likeness (QED) is 0.553. The Kier molecular flexibility index (Phi) is 3.28. The van der Waals surface area contributed by atoms with Crippen LogP contribution in [0, 0.1) is 12.7 Å². The summed E-state index contributed by atoms with van der Waals surface area (Å²) < 4.78 is 13.1. The number of benzene rings is 1. The van der Waals surface area contributed by atoms with Gasteiger partial charge in [0.1, 0.15) is 5.82 Å². The molecular weight excluding hydrogens is 214 g/mol. The molecule has 0 aliphatic carbocycles. The number of alkyl halides is 1. The molecule has 70 valence electrons. The van der Waals surface area contributed by atoms with E-state index < -0.39 is 11.6 Å². The summed E-state index contributed by atoms with van der Waals surface area (Å²) in [5, 5.41) is 0.309. The number of carbonyl (C=O) groups excluding carboxylic acids is 1. The lowest BCUT2D eigenvalue weighted by Crippen LogP contribution is -2.04. The molecule has 13 heavy (non-hydrogen) atoms. The highest BCUT2D eigenvalue weighted by Crippen LogP contribution is 2.20. The van der Waals surface area contributed by atoms with Gasteiger partial charge in [-0.2, -0.15) is 0 Å². The summed E-state index contributed by atoms with van der Waals surface area (Å²) in [6.07, 6.45) is 0. The summed E-state index contributed by atoms with van der Waals surface area (Å²) in [6, 6.07) is 2.53. The summed E-state index contributed by atoms with van der Waals surface area (Å²) in [6.45, 7) is 1.70. The zero-order valence-electron chi connectivity index (χ0n) is 6.90. The summed E-state index contributed by atoms with van der Waals surface area (Å²) >= 11 is 11.0. The van der Waals surface area contributed by atoms with Crippen LogP contribution in [0.2, 0.25) is 5.02 Å². The third-order valence-corrected chi connectivity index (χ3v) is 2.32. The van der Waals surface area contributed by atoms with Crippen LogP contribution in [0.4, 0.5) is 4.39 Å². The topological polar surface area (TPSA) is 17.1 Å². The average molecular weight is 221 g/mol. The lowest BCUT2D eigenvalue weighted by molar-refractivity contribution is 0.101. The molecule has 1 aromatic rings. The Morgan fingerprint density at radius 2 is 2.15 bits per heavy atom. The van der Waals surface area contributed by atoms with Crippen molar-refractivity contribution in [2.45, 2.75) is 6.92 Å². The number of aryl methyl sites for hydroxylation is 1. The molecule has 0 amide bonds. The molecule has 0 saturated heterocycles. The lowest BCUT2D eigenvalue weighted by atomic mass is 10.1. The number of hydrogen-bond donors (Lipinski definition) is 0. The first-order valence-electron chi connectivity index (χ1n) is 3.61. The molecule has 0 unspecified atom stereocenters. The molecule has 0 N–H and O–H groups in total. The number of rotatable bonds is 2. The molecule has 0 fully saturated rings. The van der Waals surface area contributed by atoms with Crippen molar-refractivity contribution in [1.82, 2.24) is 0 Å². The lowest BCUT2D eigenvalue weighted by Gasteiger charge is -2.03. The second kappa shape index (κ2) is 4.07. The van der Waals surface area contributed by atoms with Gasteiger partial charge in [-0.25, -0.2) is 4.39 Å². The van der Waals surface area contributed by atoms with Gasteiger partial charge in [0.2, 0.25) is 0 Å². The third-order valence-electron chi connectivity index (χ3n) is 1.67. The molecule has 1 aromatic carbocycles. The van der Waals surface area contributed by atoms with Crippen molar-refractivity contribution < 1.29 is 9.18 Å². The minimum atomic E-state index is -0.624. The van der Waals surface area contributed by atoms with Gasteiger partial charge in [-0.05, 0) is 24.6 Å². The van der Waals surface area contributed by atoms with Gasteiger partial charge in [0.15, 0.2) is 5.78 Å². The fraction of sp³-hybridized carbons (Fsp3) is 0.222. The van der Waals surface area contributed by atoms with Crippen LogP contribution in [-0.4, -0.2) is 11.7 Å². The molecule has 0 aliphatic heterocycles. The fourth-order valence-corrected chi connectivity index (χ4v) is 1.24. The molecule has 0 radical (unpaired) electrons. The van der Waals surface area contributed by atoms with Gasteiger partial charge in [-0.15, -0.1) is 11.6 Å². The van der Waals surface area contributed by atoms with Crippen molar-refractivity contribution in [1.29, 1.82) is 0 Å². The molecule has 4 heteroatoms. The van der Waals surface area contributed by atoms with E-state index in [2.05, 4.69) is 0 Å². The van der Waals surface area contributed by atoms with Gasteiger partial charge >= 0.3 is 0 Å². The predicted octanol–water partition coefficient (Wildman–Crippen LogP) is 3.21. The summed E-state index contributed by atoms with van der Waals surface area (Å²) in [4.78, 5) is 11.1. The highest BCUT2D eigenvalue weighted by Gasteiger charge is 2.12. The molecule has 0 saturated carbocycles. The van der Waals surface area contributed by atoms with E-state index >= 15 is 0 Å². The van der Waals surface area contributed by atoms with Gasteiger partial charge in [0.25, 0.3) is 0 Å². The standard InChI is InChI=1S/C9H7Cl2FO/c1-5-2-6(9(13)4-10)8(12)3-7(5)11/h2-3H,4H2,1H3. The fourth-order valence-electron chi connectivity index (χ4n) is 0.943. The highest BCUT2D eigenvalue weighted by atomic mass is 35.5. The Hall–Kier alpha value is -0.600. The molecule has 0 aliphatic rings. The van der Waals surface area contributed by atoms with E-state index in [0.717, 1.165) is 6.07 Å². The van der Waals surface area contributed by atoms with Crippen LogP contribution in [0.25, 0.3) is 0 Å². The molecule has 1 nitrogen and oxygen atoms in total. The molecule has 1 rings (SSSR count). The summed E-state index contributed by atoms with van der Waals surface area (Å²) in [5.41, 5.74) is 0.661. The molecule has 0 heterocycles. The maximum atomic E-state index is 13.1. The first-order valence-corrected chi connectivity index (χ1v) is 4.52. The van der Waals surface area contributed by atoms with Crippen LogP contribution < -0.4 is 0 Å². The number of Topliss-reactive ketones (excluding diaryl/α,β-unsaturated/α-hetero) is 1. The maximum absolute atomic E-state index is 13.1. The van der Waals surface area contributed by atoms with Gasteiger partial charge in [0, 0.05) is 5.02 Å². The Labute approximate surface area is 85.5 Å². The monoisotopic (exact) mass is 220 g/mol. The average Bonchev–Trinajstić information content (AvgIpc) is 2.10. The largest absolute Gasteiger partial charge is 0.293 e. The van der Waals surface area contributed by atoms with Crippen molar-refractivity contribution in [2.75, 3.05) is 5.88 Å². The minimum absolute atomic E-state index is 0.00287. The third kappa shape index (κ3) is 2.20. The Balaban J connectivity index is 3.23. The van der Waals surface area contributed by atoms with Gasteiger partial charge in [0.05, 0.1) is 11.4 Å². The van der Waals surface area contributed by atoms with E-state index in [0.29, 0.717) is 10.6 Å². The summed E-state index contributed by atoms with van der Waals surface area (Å²) in [5.74, 6) is -1.28. The molecular formula is C9H7Cl2FO. The normalized spacial score (nSPS) is 10.2. The zero-order valence-corrected chi connectivity index (χ0v) is 8.42. The molecule has 0 atom stereocenters. The van der Waals surface area contributed by atoms with E-state index in [9.17, 15) is 9.18 Å². The smallest absolute Gasteiger partial charge is 0.180 e. The maximum Gasteiger partial charge on any atom is 0.180 e. The van der Waals surface area contributed by atoms with E-state index in [1.807, 2.05) is 0 Å². The number of halogens is 3. The predicted molar refractivity (Wildman–Crippen MR) is 51.2 cm³/mol. The van der Waals surface area contributed by atoms with Gasteiger partial charge in [-0.1, -0.05) is 11.6 Å². The SMILES string of the molecule is Cc1cc(C(=O)CCl)c(F)cc1Cl. The Morgan fingerprint density at radius 3 is 2.69 bits per heavy atom. The number of ketones is 1. The van der Waals surface area contributed by atoms with Crippen molar-refractivity contribution in [3.05, 3.63) is 34.1 Å². The van der Waals surface area contributed by atoms with Gasteiger partial charge < -0.3 is 0 Å². The van der Waals surface area contributed by atoms with Crippen molar-refractivity contribution in [3.63, 3.8) is 0 Å². The van der Waals surface area contributed by atoms with E-state index in [-0.39, 0.29) is 11.4 Å². The van der Waals surface area contributed by atoms with Gasteiger partial charge in [-0.3, -0.25) is 4.79 Å². The molecule has 0 aromatic heterocycles. The minimum Gasteiger partial charge on any atom is -0.293 e. The van der Waals surface area contributed by atoms with Crippen LogP contribution in [0.1, 0.15) is 15.9 Å². The van der Waals surface area contributed by atoms with Crippen LogP contribution in [0.15, 0.2) is 12.1 Å². The second-order valence-electron chi connectivity index (χ2n) is 2.64. The first-order chi connectivity index (χ1) is 6.06. The Bertz CT molecular complexity index is 350. The van der Waals surface area contributed by atoms with Crippen LogP contribution >= 0.6 is 23.2 Å². The van der Waals surface area contributed by atoms with E-state index in [4.69, 9.17) is 23.2 Å². The van der Waals surface area contributed by atoms with Crippen molar-refractivity contribution in [2.24, 2.45) is 0 Å². The zero-order chi connectivity index (χ0) is 10.0. The second-order valence-corrected chi connectivity index (χ2v) is 3.31. The number of hydrogen-bond acceptors (Lipinski definition) is 1. The molecule has 0 spiro atoms. The van der Waals surface area contributed by atoms with Crippen LogP contribution in [0.5, 0.6) is 0 Å². The summed E-state index contributed by atoms with van der Waals surface area (Å²) in [7, 11) is 0. The van der Waals surface area contributed by atoms with Crippen LogP contribution in [0.3, 0.4) is 0 Å². The first kappa shape index (κ1) is 10.5. The van der Waals surface area contributed by atoms with E-state index in [1.165, 1.54) is 6.07 Å². The number of carbonyl (C=O) groups is 1.